The van der Waals surface area contributed by atoms with E-state index >= 15 is 0 Å². The number of halogens is 2. The number of anilines is 1. The molecule has 41 heavy (non-hydrogen) atoms. The number of fused-ring (bicyclic) bond motifs is 5. The van der Waals surface area contributed by atoms with Crippen molar-refractivity contribution in [2.24, 2.45) is 17.3 Å². The first-order chi connectivity index (χ1) is 19.7. The number of aryl methyl sites for hydroxylation is 1. The van der Waals surface area contributed by atoms with Gasteiger partial charge in [-0.15, -0.1) is 29.6 Å². The number of rotatable bonds is 9. The Labute approximate surface area is 253 Å². The van der Waals surface area contributed by atoms with Crippen LogP contribution in [-0.2, 0) is 27.2 Å². The number of alkyl halides is 2. The molecule has 2 aromatic rings. The van der Waals surface area contributed by atoms with Gasteiger partial charge in [0.25, 0.3) is 0 Å². The molecule has 0 spiro atoms. The second-order valence-corrected chi connectivity index (χ2v) is 12.8. The van der Waals surface area contributed by atoms with Gasteiger partial charge in [0.05, 0.1) is 6.42 Å². The van der Waals surface area contributed by atoms with Crippen LogP contribution in [0.4, 0.5) is 5.69 Å². The quantitative estimate of drug-likeness (QED) is 0.136. The van der Waals surface area contributed by atoms with Crippen LogP contribution in [0.1, 0.15) is 68.6 Å². The van der Waals surface area contributed by atoms with Crippen LogP contribution >= 0.6 is 23.2 Å². The molecule has 218 valence electrons. The number of carbonyl (C=O) groups is 2. The third-order valence-corrected chi connectivity index (χ3v) is 10.3. The zero-order valence-electron chi connectivity index (χ0n) is 24.0. The van der Waals surface area contributed by atoms with Crippen LogP contribution in [-0.4, -0.2) is 42.4 Å². The SMILES string of the molecule is C#C[C@]1(OC(C)=O)CC[C@H]2[C@H]3CCc4cc(OC(=O)Cc5ccc(N(CCCl)CCCl)cc5)ccc4[C@H]3CC[C@@]21C. The van der Waals surface area contributed by atoms with Crippen molar-refractivity contribution in [2.45, 2.75) is 70.3 Å². The van der Waals surface area contributed by atoms with Crippen molar-refractivity contribution >= 4 is 40.8 Å². The largest absolute Gasteiger partial charge is 0.445 e. The fourth-order valence-electron chi connectivity index (χ4n) is 8.03. The summed E-state index contributed by atoms with van der Waals surface area (Å²) in [7, 11) is 0. The van der Waals surface area contributed by atoms with E-state index in [9.17, 15) is 9.59 Å². The molecule has 5 nitrogen and oxygen atoms in total. The highest BCUT2D eigenvalue weighted by atomic mass is 35.5. The number of terminal acetylenes is 1. The first-order valence-corrected chi connectivity index (χ1v) is 15.8. The smallest absolute Gasteiger partial charge is 0.315 e. The lowest BCUT2D eigenvalue weighted by Crippen LogP contribution is -2.52. The highest BCUT2D eigenvalue weighted by Gasteiger charge is 2.63. The summed E-state index contributed by atoms with van der Waals surface area (Å²) < 4.78 is 11.7. The first kappa shape index (κ1) is 29.8. The molecule has 5 atom stereocenters. The molecule has 0 N–H and O–H groups in total. The Morgan fingerprint density at radius 2 is 1.78 bits per heavy atom. The summed E-state index contributed by atoms with van der Waals surface area (Å²) in [5, 5.41) is 0. The maximum absolute atomic E-state index is 12.8. The van der Waals surface area contributed by atoms with Gasteiger partial charge in [-0.1, -0.05) is 31.0 Å². The molecule has 0 saturated heterocycles. The Kier molecular flexibility index (Phi) is 8.92. The average Bonchev–Trinajstić information content (AvgIpc) is 3.24. The Bertz CT molecular complexity index is 1310. The zero-order chi connectivity index (χ0) is 29.2. The Hall–Kier alpha value is -2.68. The van der Waals surface area contributed by atoms with Crippen LogP contribution in [0.2, 0.25) is 0 Å². The molecule has 0 radical (unpaired) electrons. The standard InChI is InChI=1S/C34H39Cl2NO4/c1-4-34(41-23(2)38)16-14-31-30-11-7-25-22-27(10-12-28(25)29(30)13-15-33(31,34)3)40-32(39)21-24-5-8-26(9-6-24)37(19-17-35)20-18-36/h1,5-6,8-10,12,22,29-31H,7,11,13-21H2,2-3H3/t29-,30+,31+,33+,34+/m1/s1. The summed E-state index contributed by atoms with van der Waals surface area (Å²) in [6, 6.07) is 14.0. The van der Waals surface area contributed by atoms with Gasteiger partial charge < -0.3 is 14.4 Å². The fourth-order valence-corrected chi connectivity index (χ4v) is 8.44. The lowest BCUT2D eigenvalue weighted by Gasteiger charge is -2.52. The van der Waals surface area contributed by atoms with Crippen LogP contribution in [0.3, 0.4) is 0 Å². The highest BCUT2D eigenvalue weighted by molar-refractivity contribution is 6.18. The molecule has 0 heterocycles. The van der Waals surface area contributed by atoms with Crippen molar-refractivity contribution in [3.8, 4) is 18.1 Å². The number of hydrogen-bond donors (Lipinski definition) is 0. The minimum absolute atomic E-state index is 0.201. The number of carbonyl (C=O) groups excluding carboxylic acids is 2. The van der Waals surface area contributed by atoms with Gasteiger partial charge in [-0.25, -0.2) is 0 Å². The first-order valence-electron chi connectivity index (χ1n) is 14.7. The molecule has 2 aromatic carbocycles. The van der Waals surface area contributed by atoms with E-state index in [-0.39, 0.29) is 23.8 Å². The van der Waals surface area contributed by atoms with Crippen LogP contribution in [0.15, 0.2) is 42.5 Å². The number of benzene rings is 2. The molecule has 0 amide bonds. The van der Waals surface area contributed by atoms with E-state index in [2.05, 4.69) is 29.9 Å². The average molecular weight is 597 g/mol. The molecule has 7 heteroatoms. The maximum atomic E-state index is 12.8. The van der Waals surface area contributed by atoms with Gasteiger partial charge in [0.2, 0.25) is 0 Å². The molecule has 0 aliphatic heterocycles. The van der Waals surface area contributed by atoms with Crippen molar-refractivity contribution in [2.75, 3.05) is 29.7 Å². The van der Waals surface area contributed by atoms with Crippen LogP contribution in [0.25, 0.3) is 0 Å². The minimum atomic E-state index is -0.805. The van der Waals surface area contributed by atoms with Gasteiger partial charge in [-0.3, -0.25) is 9.59 Å². The molecular formula is C34H39Cl2NO4. The van der Waals surface area contributed by atoms with E-state index in [0.29, 0.717) is 35.3 Å². The lowest BCUT2D eigenvalue weighted by molar-refractivity contribution is -0.165. The normalized spacial score (nSPS) is 28.0. The molecule has 0 unspecified atom stereocenters. The summed E-state index contributed by atoms with van der Waals surface area (Å²) in [6.07, 6.45) is 11.9. The number of nitrogens with zero attached hydrogens (tertiary/aromatic N) is 1. The third kappa shape index (κ3) is 5.71. The molecule has 0 bridgehead atoms. The summed E-state index contributed by atoms with van der Waals surface area (Å²) in [4.78, 5) is 26.9. The van der Waals surface area contributed by atoms with Crippen molar-refractivity contribution in [3.05, 3.63) is 59.2 Å². The fraction of sp³-hybridized carbons (Fsp3) is 0.529. The molecule has 3 aliphatic rings. The van der Waals surface area contributed by atoms with E-state index in [4.69, 9.17) is 39.1 Å². The monoisotopic (exact) mass is 595 g/mol. The Morgan fingerprint density at radius 3 is 2.44 bits per heavy atom. The van der Waals surface area contributed by atoms with E-state index in [1.807, 2.05) is 30.3 Å². The predicted octanol–water partition coefficient (Wildman–Crippen LogP) is 6.91. The summed E-state index contributed by atoms with van der Waals surface area (Å²) in [5.74, 6) is 5.37. The number of hydrogen-bond acceptors (Lipinski definition) is 5. The molecular weight excluding hydrogens is 557 g/mol. The summed E-state index contributed by atoms with van der Waals surface area (Å²) in [6.45, 7) is 5.13. The van der Waals surface area contributed by atoms with Gasteiger partial charge in [0.1, 0.15) is 5.75 Å². The molecule has 0 aromatic heterocycles. The van der Waals surface area contributed by atoms with Gasteiger partial charge in [0.15, 0.2) is 5.60 Å². The second-order valence-electron chi connectivity index (χ2n) is 12.0. The van der Waals surface area contributed by atoms with Gasteiger partial charge in [-0.2, -0.15) is 0 Å². The number of esters is 2. The Balaban J connectivity index is 1.24. The lowest BCUT2D eigenvalue weighted by atomic mass is 9.53. The minimum Gasteiger partial charge on any atom is -0.445 e. The molecule has 2 fully saturated rings. The zero-order valence-corrected chi connectivity index (χ0v) is 25.5. The van der Waals surface area contributed by atoms with Crippen LogP contribution in [0.5, 0.6) is 5.75 Å². The Morgan fingerprint density at radius 1 is 1.05 bits per heavy atom. The summed E-state index contributed by atoms with van der Waals surface area (Å²) in [5.41, 5.74) is 3.56. The van der Waals surface area contributed by atoms with E-state index in [1.54, 1.807) is 0 Å². The van der Waals surface area contributed by atoms with Gasteiger partial charge in [-0.05, 0) is 97.2 Å². The van der Waals surface area contributed by atoms with E-state index < -0.39 is 5.60 Å². The van der Waals surface area contributed by atoms with E-state index in [0.717, 1.165) is 62.9 Å². The third-order valence-electron chi connectivity index (χ3n) is 9.96. The van der Waals surface area contributed by atoms with Crippen molar-refractivity contribution in [1.82, 2.24) is 0 Å². The maximum Gasteiger partial charge on any atom is 0.315 e. The van der Waals surface area contributed by atoms with Crippen molar-refractivity contribution in [3.63, 3.8) is 0 Å². The topological polar surface area (TPSA) is 55.8 Å². The predicted molar refractivity (Wildman–Crippen MR) is 164 cm³/mol. The highest BCUT2D eigenvalue weighted by Crippen LogP contribution is 2.65. The van der Waals surface area contributed by atoms with Crippen LogP contribution < -0.4 is 9.64 Å². The molecule has 2 saturated carbocycles. The summed E-state index contributed by atoms with van der Waals surface area (Å²) >= 11 is 11.9. The van der Waals surface area contributed by atoms with Crippen molar-refractivity contribution in [1.29, 1.82) is 0 Å². The van der Waals surface area contributed by atoms with Crippen LogP contribution in [0, 0.1) is 29.6 Å². The second kappa shape index (κ2) is 12.3. The van der Waals surface area contributed by atoms with E-state index in [1.165, 1.54) is 18.1 Å². The van der Waals surface area contributed by atoms with Gasteiger partial charge in [0, 0.05) is 42.9 Å². The number of ether oxygens (including phenoxy) is 2. The van der Waals surface area contributed by atoms with Crippen molar-refractivity contribution < 1.29 is 19.1 Å². The molecule has 3 aliphatic carbocycles. The van der Waals surface area contributed by atoms with Gasteiger partial charge >= 0.3 is 11.9 Å². The molecule has 5 rings (SSSR count).